The highest BCUT2D eigenvalue weighted by molar-refractivity contribution is 8.14. The van der Waals surface area contributed by atoms with Crippen molar-refractivity contribution in [3.8, 4) is 0 Å². The fraction of sp³-hybridized carbons (Fsp3) is 0.412. The standard InChI is InChI=1S/C17H16F3N3O2S/c1-8-21-16-13(17(24)22-23(16)10-2-4-25-5-3-10)15(26-8)9-6-11(18)14(20)12(19)7-9/h6-7,10,15H,2-5H2,1H3,(H,22,24)/t15-/m1/s1. The van der Waals surface area contributed by atoms with E-state index >= 15 is 0 Å². The van der Waals surface area contributed by atoms with Gasteiger partial charge in [-0.15, -0.1) is 0 Å². The van der Waals surface area contributed by atoms with E-state index in [4.69, 9.17) is 4.74 Å². The molecular formula is C17H16F3N3O2S. The van der Waals surface area contributed by atoms with Crippen molar-refractivity contribution in [3.63, 3.8) is 0 Å². The molecule has 9 heteroatoms. The zero-order valence-electron chi connectivity index (χ0n) is 13.9. The number of thioether (sulfide) groups is 1. The third-order valence-corrected chi connectivity index (χ3v) is 5.79. The maximum Gasteiger partial charge on any atom is 0.271 e. The topological polar surface area (TPSA) is 59.4 Å². The predicted molar refractivity (Wildman–Crippen MR) is 92.7 cm³/mol. The van der Waals surface area contributed by atoms with E-state index in [1.807, 2.05) is 0 Å². The lowest BCUT2D eigenvalue weighted by atomic mass is 10.0. The Labute approximate surface area is 151 Å². The van der Waals surface area contributed by atoms with Gasteiger partial charge >= 0.3 is 0 Å². The van der Waals surface area contributed by atoms with Gasteiger partial charge in [-0.05, 0) is 37.5 Å². The van der Waals surface area contributed by atoms with Crippen LogP contribution < -0.4 is 5.56 Å². The van der Waals surface area contributed by atoms with E-state index in [0.29, 0.717) is 29.6 Å². The molecule has 0 amide bonds. The van der Waals surface area contributed by atoms with Crippen molar-refractivity contribution in [1.82, 2.24) is 9.78 Å². The van der Waals surface area contributed by atoms with Gasteiger partial charge in [0, 0.05) is 13.2 Å². The van der Waals surface area contributed by atoms with Crippen LogP contribution in [0.5, 0.6) is 0 Å². The molecule has 26 heavy (non-hydrogen) atoms. The number of nitrogens with zero attached hydrogens (tertiary/aromatic N) is 2. The number of H-pyrrole nitrogens is 1. The molecule has 5 nitrogen and oxygen atoms in total. The summed E-state index contributed by atoms with van der Waals surface area (Å²) in [7, 11) is 0. The van der Waals surface area contributed by atoms with E-state index < -0.39 is 22.7 Å². The Hall–Kier alpha value is -2.00. The second kappa shape index (κ2) is 6.62. The van der Waals surface area contributed by atoms with Gasteiger partial charge in [0.05, 0.1) is 21.9 Å². The van der Waals surface area contributed by atoms with Gasteiger partial charge in [0.2, 0.25) is 0 Å². The lowest BCUT2D eigenvalue weighted by Crippen LogP contribution is -2.21. The van der Waals surface area contributed by atoms with Gasteiger partial charge in [-0.25, -0.2) is 18.2 Å². The largest absolute Gasteiger partial charge is 0.381 e. The number of aromatic amines is 1. The molecule has 0 unspecified atom stereocenters. The summed E-state index contributed by atoms with van der Waals surface area (Å²) in [4.78, 5) is 17.1. The van der Waals surface area contributed by atoms with Crippen molar-refractivity contribution < 1.29 is 17.9 Å². The third-order valence-electron chi connectivity index (χ3n) is 4.61. The molecule has 4 rings (SSSR count). The number of benzene rings is 1. The van der Waals surface area contributed by atoms with Crippen molar-refractivity contribution in [2.45, 2.75) is 31.1 Å². The number of nitrogens with one attached hydrogen (secondary N) is 1. The average Bonchev–Trinajstić information content (AvgIpc) is 2.96. The van der Waals surface area contributed by atoms with Crippen LogP contribution in [0.4, 0.5) is 19.0 Å². The lowest BCUT2D eigenvalue weighted by molar-refractivity contribution is 0.0666. The highest BCUT2D eigenvalue weighted by Crippen LogP contribution is 2.45. The molecule has 0 aliphatic carbocycles. The molecule has 1 fully saturated rings. The zero-order valence-corrected chi connectivity index (χ0v) is 14.7. The van der Waals surface area contributed by atoms with Crippen LogP contribution in [-0.2, 0) is 4.74 Å². The predicted octanol–water partition coefficient (Wildman–Crippen LogP) is 3.83. The van der Waals surface area contributed by atoms with Gasteiger partial charge in [-0.3, -0.25) is 14.6 Å². The van der Waals surface area contributed by atoms with Crippen molar-refractivity contribution >= 4 is 22.6 Å². The average molecular weight is 383 g/mol. The van der Waals surface area contributed by atoms with Crippen molar-refractivity contribution in [2.24, 2.45) is 4.99 Å². The maximum absolute atomic E-state index is 13.7. The Morgan fingerprint density at radius 1 is 1.23 bits per heavy atom. The normalized spacial score (nSPS) is 20.8. The van der Waals surface area contributed by atoms with Crippen LogP contribution in [-0.4, -0.2) is 28.0 Å². The zero-order chi connectivity index (χ0) is 18.4. The summed E-state index contributed by atoms with van der Waals surface area (Å²) in [5, 5.41) is 2.81. The van der Waals surface area contributed by atoms with E-state index in [2.05, 4.69) is 10.1 Å². The van der Waals surface area contributed by atoms with Gasteiger partial charge in [0.1, 0.15) is 0 Å². The smallest absolute Gasteiger partial charge is 0.271 e. The van der Waals surface area contributed by atoms with Gasteiger partial charge < -0.3 is 4.74 Å². The van der Waals surface area contributed by atoms with E-state index in [9.17, 15) is 18.0 Å². The first-order valence-corrected chi connectivity index (χ1v) is 9.12. The van der Waals surface area contributed by atoms with Crippen LogP contribution in [0.25, 0.3) is 0 Å². The first-order chi connectivity index (χ1) is 12.5. The maximum atomic E-state index is 13.7. The van der Waals surface area contributed by atoms with E-state index in [1.54, 1.807) is 11.6 Å². The summed E-state index contributed by atoms with van der Waals surface area (Å²) < 4.78 is 47.8. The molecule has 138 valence electrons. The number of hydrogen-bond donors (Lipinski definition) is 1. The van der Waals surface area contributed by atoms with Gasteiger partial charge in [0.15, 0.2) is 23.3 Å². The Balaban J connectivity index is 1.83. The molecule has 0 radical (unpaired) electrons. The SMILES string of the molecule is CC1=Nc2c(c(=O)[nH]n2C2CCOCC2)[C@@H](c2cc(F)c(F)c(F)c2)S1. The highest BCUT2D eigenvalue weighted by atomic mass is 32.2. The number of aromatic nitrogens is 2. The summed E-state index contributed by atoms with van der Waals surface area (Å²) in [6.07, 6.45) is 1.48. The van der Waals surface area contributed by atoms with Crippen LogP contribution in [0.2, 0.25) is 0 Å². The number of rotatable bonds is 2. The molecule has 1 aromatic carbocycles. The van der Waals surface area contributed by atoms with E-state index in [-0.39, 0.29) is 17.2 Å². The number of halogens is 3. The van der Waals surface area contributed by atoms with Crippen LogP contribution >= 0.6 is 11.8 Å². The lowest BCUT2D eigenvalue weighted by Gasteiger charge is -2.26. The van der Waals surface area contributed by atoms with Crippen LogP contribution in [0.1, 0.15) is 42.2 Å². The van der Waals surface area contributed by atoms with Gasteiger partial charge in [-0.1, -0.05) is 11.8 Å². The molecule has 2 aliphatic rings. The van der Waals surface area contributed by atoms with E-state index in [0.717, 1.165) is 25.0 Å². The summed E-state index contributed by atoms with van der Waals surface area (Å²) in [5.41, 5.74) is 0.167. The summed E-state index contributed by atoms with van der Waals surface area (Å²) in [5.74, 6) is -3.60. The van der Waals surface area contributed by atoms with Crippen molar-refractivity contribution in [3.05, 3.63) is 51.1 Å². The minimum atomic E-state index is -1.52. The molecule has 0 bridgehead atoms. The third kappa shape index (κ3) is 2.88. The molecular weight excluding hydrogens is 367 g/mol. The first-order valence-electron chi connectivity index (χ1n) is 8.24. The molecule has 1 N–H and O–H groups in total. The summed E-state index contributed by atoms with van der Waals surface area (Å²) in [6, 6.07) is 1.91. The molecule has 2 aromatic rings. The molecule has 1 atom stereocenters. The number of aliphatic imine (C=N–C) groups is 1. The number of fused-ring (bicyclic) bond motifs is 1. The van der Waals surface area contributed by atoms with Crippen molar-refractivity contribution in [2.75, 3.05) is 13.2 Å². The Bertz CT molecular complexity index is 924. The molecule has 1 aromatic heterocycles. The van der Waals surface area contributed by atoms with Crippen LogP contribution in [0.15, 0.2) is 21.9 Å². The summed E-state index contributed by atoms with van der Waals surface area (Å²) >= 11 is 1.22. The minimum absolute atomic E-state index is 0.0437. The van der Waals surface area contributed by atoms with Crippen LogP contribution in [0, 0.1) is 17.5 Å². The quantitative estimate of drug-likeness (QED) is 0.802. The molecule has 2 aliphatic heterocycles. The fourth-order valence-corrected chi connectivity index (χ4v) is 4.46. The first kappa shape index (κ1) is 17.4. The Kier molecular flexibility index (Phi) is 4.44. The molecule has 3 heterocycles. The molecule has 1 saturated heterocycles. The second-order valence-electron chi connectivity index (χ2n) is 6.32. The Morgan fingerprint density at radius 3 is 2.54 bits per heavy atom. The van der Waals surface area contributed by atoms with Gasteiger partial charge in [0.25, 0.3) is 5.56 Å². The van der Waals surface area contributed by atoms with E-state index in [1.165, 1.54) is 11.8 Å². The van der Waals surface area contributed by atoms with Gasteiger partial charge in [-0.2, -0.15) is 0 Å². The fourth-order valence-electron chi connectivity index (χ4n) is 3.38. The minimum Gasteiger partial charge on any atom is -0.381 e. The van der Waals surface area contributed by atoms with Crippen LogP contribution in [0.3, 0.4) is 0 Å². The molecule has 0 saturated carbocycles. The number of hydrogen-bond acceptors (Lipinski definition) is 4. The monoisotopic (exact) mass is 383 g/mol. The van der Waals surface area contributed by atoms with Crippen molar-refractivity contribution in [1.29, 1.82) is 0 Å². The Morgan fingerprint density at radius 2 is 1.88 bits per heavy atom. The number of ether oxygens (including phenoxy) is 1. The summed E-state index contributed by atoms with van der Waals surface area (Å²) in [6.45, 7) is 2.95. The second-order valence-corrected chi connectivity index (χ2v) is 7.62. The highest BCUT2D eigenvalue weighted by Gasteiger charge is 2.33. The molecule has 0 spiro atoms.